The standard InChI is InChI=1S/C23H30N8O7/c1-12(32)24-7-3-2-4-16(23(36)37)28-21(34)18-8-14(27-20(33)17-10-25-30-29-17)11-31(18)22(35)15-9-26-38-19(15)13-5-6-13/h9-10,13-14,16,18H,2-8,11H2,1H3,(H,24,32)(H,27,33)(H,28,34)(H,36,37)(H,25,29,30)/t14-,16+,18+/m1/s1. The van der Waals surface area contributed by atoms with E-state index in [4.69, 9.17) is 4.52 Å². The van der Waals surface area contributed by atoms with Gasteiger partial charge in [-0.25, -0.2) is 4.79 Å². The molecule has 2 aromatic rings. The summed E-state index contributed by atoms with van der Waals surface area (Å²) in [6.45, 7) is 1.81. The Morgan fingerprint density at radius 3 is 2.66 bits per heavy atom. The summed E-state index contributed by atoms with van der Waals surface area (Å²) < 4.78 is 5.29. The topological polar surface area (TPSA) is 213 Å². The predicted octanol–water partition coefficient (Wildman–Crippen LogP) is -0.441. The van der Waals surface area contributed by atoms with Gasteiger partial charge in [-0.3, -0.25) is 19.2 Å². The number of aromatic nitrogens is 4. The van der Waals surface area contributed by atoms with Crippen LogP contribution in [0.1, 0.15) is 78.0 Å². The number of carboxylic acids is 1. The molecule has 0 unspecified atom stereocenters. The van der Waals surface area contributed by atoms with Gasteiger partial charge in [-0.2, -0.15) is 15.4 Å². The lowest BCUT2D eigenvalue weighted by Crippen LogP contribution is -2.51. The second-order valence-electron chi connectivity index (χ2n) is 9.49. The molecule has 2 aliphatic rings. The molecule has 0 bridgehead atoms. The van der Waals surface area contributed by atoms with Crippen molar-refractivity contribution in [1.29, 1.82) is 0 Å². The second kappa shape index (κ2) is 11.8. The Bertz CT molecular complexity index is 1180. The van der Waals surface area contributed by atoms with E-state index in [1.807, 2.05) is 0 Å². The number of hydrogen-bond acceptors (Lipinski definition) is 9. The maximum atomic E-state index is 13.5. The Morgan fingerprint density at radius 1 is 1.21 bits per heavy atom. The summed E-state index contributed by atoms with van der Waals surface area (Å²) in [5, 5.41) is 31.0. The molecule has 3 atom stereocenters. The quantitative estimate of drug-likeness (QED) is 0.223. The van der Waals surface area contributed by atoms with Gasteiger partial charge in [-0.15, -0.1) is 0 Å². The molecular weight excluding hydrogens is 500 g/mol. The molecule has 0 spiro atoms. The summed E-state index contributed by atoms with van der Waals surface area (Å²) in [4.78, 5) is 63.5. The number of rotatable bonds is 12. The van der Waals surface area contributed by atoms with Crippen LogP contribution in [0, 0.1) is 0 Å². The van der Waals surface area contributed by atoms with Gasteiger partial charge in [0.05, 0.1) is 12.4 Å². The van der Waals surface area contributed by atoms with Crippen LogP contribution in [0.25, 0.3) is 0 Å². The van der Waals surface area contributed by atoms with E-state index < -0.39 is 41.8 Å². The number of likely N-dealkylation sites (tertiary alicyclic amines) is 1. The van der Waals surface area contributed by atoms with Crippen molar-refractivity contribution in [3.8, 4) is 0 Å². The first kappa shape index (κ1) is 26.8. The Kier molecular flexibility index (Phi) is 8.33. The van der Waals surface area contributed by atoms with Gasteiger partial charge in [0, 0.05) is 32.0 Å². The van der Waals surface area contributed by atoms with Crippen LogP contribution in [0.15, 0.2) is 16.9 Å². The molecule has 5 N–H and O–H groups in total. The van der Waals surface area contributed by atoms with E-state index in [1.54, 1.807) is 0 Å². The van der Waals surface area contributed by atoms with Crippen LogP contribution in [0.3, 0.4) is 0 Å². The van der Waals surface area contributed by atoms with Crippen LogP contribution in [-0.2, 0) is 14.4 Å². The summed E-state index contributed by atoms with van der Waals surface area (Å²) in [5.41, 5.74) is 0.303. The summed E-state index contributed by atoms with van der Waals surface area (Å²) >= 11 is 0. The molecule has 1 aliphatic heterocycles. The van der Waals surface area contributed by atoms with Gasteiger partial charge in [-0.1, -0.05) is 5.16 Å². The number of hydrogen-bond donors (Lipinski definition) is 5. The SMILES string of the molecule is CC(=O)NCCCC[C@H](NC(=O)[C@@H]1C[C@@H](NC(=O)c2cn[nH]n2)CN1C(=O)c1cnoc1C1CC1)C(=O)O. The van der Waals surface area contributed by atoms with Gasteiger partial charge < -0.3 is 30.5 Å². The van der Waals surface area contributed by atoms with E-state index in [2.05, 4.69) is 36.5 Å². The molecule has 3 heterocycles. The van der Waals surface area contributed by atoms with Crippen molar-refractivity contribution >= 4 is 29.6 Å². The minimum Gasteiger partial charge on any atom is -0.480 e. The number of carbonyl (C=O) groups excluding carboxylic acids is 4. The highest BCUT2D eigenvalue weighted by Crippen LogP contribution is 2.42. The van der Waals surface area contributed by atoms with Crippen molar-refractivity contribution in [2.24, 2.45) is 0 Å². The number of unbranched alkanes of at least 4 members (excludes halogenated alkanes) is 1. The van der Waals surface area contributed by atoms with Gasteiger partial charge in [0.25, 0.3) is 11.8 Å². The molecule has 15 nitrogen and oxygen atoms in total. The lowest BCUT2D eigenvalue weighted by atomic mass is 10.1. The molecule has 1 saturated carbocycles. The van der Waals surface area contributed by atoms with Gasteiger partial charge in [0.2, 0.25) is 11.8 Å². The van der Waals surface area contributed by atoms with Gasteiger partial charge in [-0.05, 0) is 38.5 Å². The Morgan fingerprint density at radius 2 is 2.00 bits per heavy atom. The second-order valence-corrected chi connectivity index (χ2v) is 9.49. The fraction of sp³-hybridized carbons (Fsp3) is 0.565. The van der Waals surface area contributed by atoms with E-state index in [0.29, 0.717) is 25.1 Å². The van der Waals surface area contributed by atoms with Gasteiger partial charge >= 0.3 is 5.97 Å². The number of aliphatic carboxylic acids is 1. The number of carboxylic acid groups (broad SMARTS) is 1. The Hall–Kier alpha value is -4.30. The summed E-state index contributed by atoms with van der Waals surface area (Å²) in [7, 11) is 0. The number of carbonyl (C=O) groups is 5. The van der Waals surface area contributed by atoms with Crippen LogP contribution in [0.4, 0.5) is 0 Å². The minimum atomic E-state index is -1.21. The van der Waals surface area contributed by atoms with Crippen LogP contribution >= 0.6 is 0 Å². The van der Waals surface area contributed by atoms with Crippen LogP contribution in [0.5, 0.6) is 0 Å². The minimum absolute atomic E-state index is 0.0181. The molecule has 0 radical (unpaired) electrons. The van der Waals surface area contributed by atoms with E-state index in [0.717, 1.165) is 12.8 Å². The maximum Gasteiger partial charge on any atom is 0.326 e. The lowest BCUT2D eigenvalue weighted by Gasteiger charge is -2.25. The van der Waals surface area contributed by atoms with Crippen molar-refractivity contribution in [2.45, 2.75) is 69.5 Å². The van der Waals surface area contributed by atoms with E-state index in [1.165, 1.54) is 24.2 Å². The predicted molar refractivity (Wildman–Crippen MR) is 128 cm³/mol. The fourth-order valence-electron chi connectivity index (χ4n) is 4.45. The average molecular weight is 531 g/mol. The number of nitrogens with zero attached hydrogens (tertiary/aromatic N) is 4. The molecule has 38 heavy (non-hydrogen) atoms. The van der Waals surface area contributed by atoms with Crippen molar-refractivity contribution in [2.75, 3.05) is 13.1 Å². The molecule has 0 aromatic carbocycles. The van der Waals surface area contributed by atoms with Crippen LogP contribution in [-0.4, -0.2) is 91.4 Å². The number of amides is 4. The molecule has 1 aliphatic carbocycles. The molecule has 1 saturated heterocycles. The zero-order chi connectivity index (χ0) is 27.2. The van der Waals surface area contributed by atoms with Crippen molar-refractivity contribution in [3.63, 3.8) is 0 Å². The Labute approximate surface area is 217 Å². The third-order valence-electron chi connectivity index (χ3n) is 6.53. The Balaban J connectivity index is 1.45. The summed E-state index contributed by atoms with van der Waals surface area (Å²) in [5.74, 6) is -2.47. The van der Waals surface area contributed by atoms with Crippen molar-refractivity contribution in [1.82, 2.24) is 41.4 Å². The molecular formula is C23H30N8O7. The zero-order valence-electron chi connectivity index (χ0n) is 20.8. The zero-order valence-corrected chi connectivity index (χ0v) is 20.8. The third-order valence-corrected chi connectivity index (χ3v) is 6.53. The largest absolute Gasteiger partial charge is 0.480 e. The first-order valence-corrected chi connectivity index (χ1v) is 12.4. The lowest BCUT2D eigenvalue weighted by molar-refractivity contribution is -0.142. The normalized spacial score (nSPS) is 19.6. The average Bonchev–Trinajstić information content (AvgIpc) is 3.28. The number of H-pyrrole nitrogens is 1. The number of nitrogens with one attached hydrogen (secondary N) is 4. The highest BCUT2D eigenvalue weighted by molar-refractivity contribution is 5.99. The maximum absolute atomic E-state index is 13.5. The first-order chi connectivity index (χ1) is 18.2. The molecule has 204 valence electrons. The summed E-state index contributed by atoms with van der Waals surface area (Å²) in [6.07, 6.45) is 5.52. The molecule has 15 heteroatoms. The molecule has 2 fully saturated rings. The van der Waals surface area contributed by atoms with Crippen molar-refractivity contribution < 1.29 is 33.6 Å². The molecule has 4 rings (SSSR count). The highest BCUT2D eigenvalue weighted by atomic mass is 16.5. The summed E-state index contributed by atoms with van der Waals surface area (Å²) in [6, 6.07) is -2.81. The molecule has 2 aromatic heterocycles. The smallest absolute Gasteiger partial charge is 0.326 e. The van der Waals surface area contributed by atoms with Crippen LogP contribution < -0.4 is 16.0 Å². The van der Waals surface area contributed by atoms with E-state index in [-0.39, 0.29) is 42.5 Å². The van der Waals surface area contributed by atoms with E-state index >= 15 is 0 Å². The van der Waals surface area contributed by atoms with E-state index in [9.17, 15) is 29.1 Å². The van der Waals surface area contributed by atoms with Gasteiger partial charge in [0.15, 0.2) is 11.5 Å². The van der Waals surface area contributed by atoms with Crippen LogP contribution in [0.2, 0.25) is 0 Å². The monoisotopic (exact) mass is 530 g/mol. The van der Waals surface area contributed by atoms with Gasteiger partial charge in [0.1, 0.15) is 17.6 Å². The molecule has 4 amide bonds. The van der Waals surface area contributed by atoms with Crippen molar-refractivity contribution in [3.05, 3.63) is 29.4 Å². The number of aromatic amines is 1. The third kappa shape index (κ3) is 6.52. The first-order valence-electron chi connectivity index (χ1n) is 12.4. The fourth-order valence-corrected chi connectivity index (χ4v) is 4.45. The highest BCUT2D eigenvalue weighted by Gasteiger charge is 2.43.